The lowest BCUT2D eigenvalue weighted by atomic mass is 9.96. The zero-order valence-corrected chi connectivity index (χ0v) is 10.8. The van der Waals surface area contributed by atoms with Gasteiger partial charge in [0.1, 0.15) is 6.10 Å². The van der Waals surface area contributed by atoms with E-state index in [0.717, 1.165) is 12.8 Å². The third-order valence-electron chi connectivity index (χ3n) is 2.20. The van der Waals surface area contributed by atoms with Crippen molar-refractivity contribution in [2.24, 2.45) is 5.92 Å². The maximum Gasteiger partial charge on any atom is 0.345 e. The standard InChI is InChI=1S/C10H18Cl2O3/c1-4-6-7(3)8(13)10(11,12)9(14)15-5-2/h7-8,13H,4-6H2,1-3H3. The third-order valence-corrected chi connectivity index (χ3v) is 2.96. The Morgan fingerprint density at radius 1 is 1.47 bits per heavy atom. The highest BCUT2D eigenvalue weighted by Crippen LogP contribution is 2.32. The summed E-state index contributed by atoms with van der Waals surface area (Å²) in [6.45, 7) is 5.63. The number of rotatable bonds is 6. The molecule has 2 unspecified atom stereocenters. The summed E-state index contributed by atoms with van der Waals surface area (Å²) < 4.78 is 2.82. The lowest BCUT2D eigenvalue weighted by molar-refractivity contribution is -0.147. The van der Waals surface area contributed by atoms with Gasteiger partial charge in [-0.2, -0.15) is 0 Å². The molecule has 15 heavy (non-hydrogen) atoms. The van der Waals surface area contributed by atoms with Gasteiger partial charge in [0.25, 0.3) is 0 Å². The highest BCUT2D eigenvalue weighted by molar-refractivity contribution is 6.58. The summed E-state index contributed by atoms with van der Waals surface area (Å²) in [5.74, 6) is -0.932. The van der Waals surface area contributed by atoms with Crippen LogP contribution in [0.3, 0.4) is 0 Å². The van der Waals surface area contributed by atoms with Crippen molar-refractivity contribution in [3.63, 3.8) is 0 Å². The SMILES string of the molecule is CCCC(C)C(O)C(Cl)(Cl)C(=O)OCC. The van der Waals surface area contributed by atoms with E-state index in [1.54, 1.807) is 13.8 Å². The summed E-state index contributed by atoms with van der Waals surface area (Å²) in [6.07, 6.45) is 0.534. The Bertz CT molecular complexity index is 207. The van der Waals surface area contributed by atoms with Crippen molar-refractivity contribution in [3.05, 3.63) is 0 Å². The molecule has 0 bridgehead atoms. The zero-order chi connectivity index (χ0) is 12.1. The van der Waals surface area contributed by atoms with E-state index in [0.29, 0.717) is 0 Å². The third kappa shape index (κ3) is 4.17. The number of alkyl halides is 2. The van der Waals surface area contributed by atoms with Crippen LogP contribution in [0.1, 0.15) is 33.6 Å². The van der Waals surface area contributed by atoms with Crippen molar-refractivity contribution < 1.29 is 14.6 Å². The number of hydrogen-bond acceptors (Lipinski definition) is 3. The summed E-state index contributed by atoms with van der Waals surface area (Å²) in [7, 11) is 0. The predicted octanol–water partition coefficient (Wildman–Crippen LogP) is 2.52. The van der Waals surface area contributed by atoms with Crippen LogP contribution in [-0.4, -0.2) is 28.1 Å². The number of hydrogen-bond donors (Lipinski definition) is 1. The maximum absolute atomic E-state index is 11.4. The minimum absolute atomic E-state index is 0.144. The fourth-order valence-electron chi connectivity index (χ4n) is 1.32. The number of aliphatic hydroxyl groups is 1. The van der Waals surface area contributed by atoms with E-state index in [1.807, 2.05) is 6.92 Å². The molecule has 2 atom stereocenters. The van der Waals surface area contributed by atoms with Crippen molar-refractivity contribution >= 4 is 29.2 Å². The Kier molecular flexibility index (Phi) is 6.57. The summed E-state index contributed by atoms with van der Waals surface area (Å²) in [4.78, 5) is 11.4. The van der Waals surface area contributed by atoms with Gasteiger partial charge in [0.2, 0.25) is 4.33 Å². The number of carbonyl (C=O) groups is 1. The van der Waals surface area contributed by atoms with E-state index in [4.69, 9.17) is 27.9 Å². The predicted molar refractivity (Wildman–Crippen MR) is 61.1 cm³/mol. The first-order chi connectivity index (χ1) is 6.87. The first kappa shape index (κ1) is 15.0. The van der Waals surface area contributed by atoms with Gasteiger partial charge in [-0.15, -0.1) is 0 Å². The van der Waals surface area contributed by atoms with Crippen LogP contribution in [0.15, 0.2) is 0 Å². The highest BCUT2D eigenvalue weighted by Gasteiger charge is 2.45. The second-order valence-electron chi connectivity index (χ2n) is 3.55. The first-order valence-electron chi connectivity index (χ1n) is 5.10. The minimum Gasteiger partial charge on any atom is -0.464 e. The van der Waals surface area contributed by atoms with Crippen molar-refractivity contribution in [1.82, 2.24) is 0 Å². The molecule has 5 heteroatoms. The molecular formula is C10H18Cl2O3. The Balaban J connectivity index is 4.48. The van der Waals surface area contributed by atoms with Crippen LogP contribution in [0.25, 0.3) is 0 Å². The molecule has 0 amide bonds. The van der Waals surface area contributed by atoms with Crippen LogP contribution < -0.4 is 0 Å². The van der Waals surface area contributed by atoms with Crippen molar-refractivity contribution in [3.8, 4) is 0 Å². The molecule has 0 saturated heterocycles. The van der Waals surface area contributed by atoms with Gasteiger partial charge in [-0.05, 0) is 19.3 Å². The molecule has 90 valence electrons. The molecule has 0 rings (SSSR count). The smallest absolute Gasteiger partial charge is 0.345 e. The highest BCUT2D eigenvalue weighted by atomic mass is 35.5. The molecule has 0 aliphatic heterocycles. The van der Waals surface area contributed by atoms with Gasteiger partial charge in [-0.3, -0.25) is 0 Å². The summed E-state index contributed by atoms with van der Waals surface area (Å²) in [5.41, 5.74) is 0. The van der Waals surface area contributed by atoms with E-state index in [1.165, 1.54) is 0 Å². The zero-order valence-electron chi connectivity index (χ0n) is 9.30. The second-order valence-corrected chi connectivity index (χ2v) is 4.94. The molecule has 0 spiro atoms. The van der Waals surface area contributed by atoms with Gasteiger partial charge in [0, 0.05) is 0 Å². The maximum atomic E-state index is 11.4. The van der Waals surface area contributed by atoms with E-state index < -0.39 is 16.4 Å². The van der Waals surface area contributed by atoms with Crippen LogP contribution >= 0.6 is 23.2 Å². The molecular weight excluding hydrogens is 239 g/mol. The van der Waals surface area contributed by atoms with Crippen LogP contribution in [0.5, 0.6) is 0 Å². The van der Waals surface area contributed by atoms with E-state index >= 15 is 0 Å². The second kappa shape index (κ2) is 6.56. The van der Waals surface area contributed by atoms with Crippen LogP contribution in [-0.2, 0) is 9.53 Å². The van der Waals surface area contributed by atoms with E-state index in [-0.39, 0.29) is 12.5 Å². The molecule has 0 aromatic heterocycles. The molecule has 0 fully saturated rings. The Hall–Kier alpha value is 0.01000. The van der Waals surface area contributed by atoms with E-state index in [2.05, 4.69) is 0 Å². The molecule has 0 aromatic carbocycles. The van der Waals surface area contributed by atoms with Gasteiger partial charge in [0.15, 0.2) is 0 Å². The summed E-state index contributed by atoms with van der Waals surface area (Å²) in [6, 6.07) is 0. The molecule has 0 radical (unpaired) electrons. The Labute approximate surface area is 101 Å². The molecule has 0 aliphatic carbocycles. The monoisotopic (exact) mass is 256 g/mol. The topological polar surface area (TPSA) is 46.5 Å². The van der Waals surface area contributed by atoms with E-state index in [9.17, 15) is 9.90 Å². The van der Waals surface area contributed by atoms with Crippen molar-refractivity contribution in [1.29, 1.82) is 0 Å². The number of esters is 1. The normalized spacial score (nSPS) is 15.9. The van der Waals surface area contributed by atoms with Crippen LogP contribution in [0, 0.1) is 5.92 Å². The minimum atomic E-state index is -1.87. The van der Waals surface area contributed by atoms with Gasteiger partial charge >= 0.3 is 5.97 Å². The van der Waals surface area contributed by atoms with Gasteiger partial charge in [-0.25, -0.2) is 4.79 Å². The number of carbonyl (C=O) groups excluding carboxylic acids is 1. The molecule has 0 aliphatic rings. The molecule has 0 heterocycles. The van der Waals surface area contributed by atoms with Crippen molar-refractivity contribution in [2.75, 3.05) is 6.61 Å². The molecule has 1 N–H and O–H groups in total. The Morgan fingerprint density at radius 2 is 2.00 bits per heavy atom. The van der Waals surface area contributed by atoms with Gasteiger partial charge < -0.3 is 9.84 Å². The van der Waals surface area contributed by atoms with Gasteiger partial charge in [-0.1, -0.05) is 43.5 Å². The molecule has 0 aromatic rings. The van der Waals surface area contributed by atoms with Crippen LogP contribution in [0.4, 0.5) is 0 Å². The quantitative estimate of drug-likeness (QED) is 0.587. The Morgan fingerprint density at radius 3 is 2.40 bits per heavy atom. The summed E-state index contributed by atoms with van der Waals surface area (Å²) in [5, 5.41) is 9.81. The average molecular weight is 257 g/mol. The molecule has 0 saturated carbocycles. The lowest BCUT2D eigenvalue weighted by Crippen LogP contribution is -2.44. The lowest BCUT2D eigenvalue weighted by Gasteiger charge is -2.28. The fraction of sp³-hybridized carbons (Fsp3) is 0.900. The summed E-state index contributed by atoms with van der Waals surface area (Å²) >= 11 is 11.6. The average Bonchev–Trinajstić information content (AvgIpc) is 2.17. The fourth-order valence-corrected chi connectivity index (χ4v) is 1.86. The first-order valence-corrected chi connectivity index (χ1v) is 5.86. The number of ether oxygens (including phenoxy) is 1. The van der Waals surface area contributed by atoms with Crippen LogP contribution in [0.2, 0.25) is 0 Å². The molecule has 3 nitrogen and oxygen atoms in total. The van der Waals surface area contributed by atoms with Crippen molar-refractivity contribution in [2.45, 2.75) is 44.1 Å². The van der Waals surface area contributed by atoms with Gasteiger partial charge in [0.05, 0.1) is 6.61 Å². The number of aliphatic hydroxyl groups excluding tert-OH is 1. The number of halogens is 2. The largest absolute Gasteiger partial charge is 0.464 e.